The number of amides is 1. The van der Waals surface area contributed by atoms with E-state index in [2.05, 4.69) is 10.3 Å². The number of anilines is 1. The number of ether oxygens (including phenoxy) is 1. The summed E-state index contributed by atoms with van der Waals surface area (Å²) in [6.45, 7) is 4.16. The zero-order valence-corrected chi connectivity index (χ0v) is 11.6. The largest absolute Gasteiger partial charge is 0.386 e. The van der Waals surface area contributed by atoms with Crippen molar-refractivity contribution in [1.29, 1.82) is 0 Å². The Morgan fingerprint density at radius 1 is 1.63 bits per heavy atom. The summed E-state index contributed by atoms with van der Waals surface area (Å²) in [4.78, 5) is 18.4. The summed E-state index contributed by atoms with van der Waals surface area (Å²) in [6, 6.07) is 1.76. The van der Waals surface area contributed by atoms with E-state index in [4.69, 9.17) is 4.74 Å². The molecule has 5 heteroatoms. The third-order valence-electron chi connectivity index (χ3n) is 3.44. The molecule has 0 bridgehead atoms. The van der Waals surface area contributed by atoms with Crippen molar-refractivity contribution in [2.75, 3.05) is 32.1 Å². The van der Waals surface area contributed by atoms with Crippen LogP contribution in [0.25, 0.3) is 0 Å². The molecule has 1 amide bonds. The molecule has 0 aromatic carbocycles. The number of hydrogen-bond donors (Lipinski definition) is 1. The van der Waals surface area contributed by atoms with Crippen molar-refractivity contribution >= 4 is 11.6 Å². The Hall–Kier alpha value is -1.62. The first kappa shape index (κ1) is 13.8. The van der Waals surface area contributed by atoms with Crippen LogP contribution in [0.3, 0.4) is 0 Å². The van der Waals surface area contributed by atoms with Crippen molar-refractivity contribution in [3.63, 3.8) is 0 Å². The summed E-state index contributed by atoms with van der Waals surface area (Å²) >= 11 is 0. The predicted molar refractivity (Wildman–Crippen MR) is 74.3 cm³/mol. The quantitative estimate of drug-likeness (QED) is 0.879. The van der Waals surface area contributed by atoms with E-state index in [0.717, 1.165) is 25.1 Å². The first-order chi connectivity index (χ1) is 9.26. The van der Waals surface area contributed by atoms with Gasteiger partial charge in [0.15, 0.2) is 0 Å². The monoisotopic (exact) mass is 263 g/mol. The molecule has 0 spiro atoms. The van der Waals surface area contributed by atoms with Gasteiger partial charge >= 0.3 is 0 Å². The van der Waals surface area contributed by atoms with E-state index in [1.165, 1.54) is 0 Å². The number of nitrogens with zero attached hydrogens (tertiary/aromatic N) is 2. The van der Waals surface area contributed by atoms with Gasteiger partial charge in [-0.05, 0) is 25.8 Å². The average molecular weight is 263 g/mol. The second-order valence-electron chi connectivity index (χ2n) is 4.65. The van der Waals surface area contributed by atoms with Crippen LogP contribution in [-0.4, -0.2) is 48.6 Å². The molecule has 1 aliphatic heterocycles. The average Bonchev–Trinajstić information content (AvgIpc) is 2.97. The number of carbonyl (C=O) groups excluding carboxylic acids is 1. The zero-order valence-electron chi connectivity index (χ0n) is 11.6. The van der Waals surface area contributed by atoms with E-state index >= 15 is 0 Å². The molecule has 1 atom stereocenters. The van der Waals surface area contributed by atoms with Crippen molar-refractivity contribution in [3.05, 3.63) is 24.0 Å². The lowest BCUT2D eigenvalue weighted by molar-refractivity contribution is 0.0540. The van der Waals surface area contributed by atoms with Gasteiger partial charge in [-0.2, -0.15) is 0 Å². The van der Waals surface area contributed by atoms with Gasteiger partial charge in [-0.1, -0.05) is 0 Å². The van der Waals surface area contributed by atoms with Crippen molar-refractivity contribution in [2.45, 2.75) is 25.9 Å². The maximum absolute atomic E-state index is 12.5. The second-order valence-corrected chi connectivity index (χ2v) is 4.65. The minimum Gasteiger partial charge on any atom is -0.386 e. The van der Waals surface area contributed by atoms with Gasteiger partial charge in [-0.3, -0.25) is 9.78 Å². The van der Waals surface area contributed by atoms with E-state index in [1.807, 2.05) is 11.8 Å². The van der Waals surface area contributed by atoms with E-state index in [0.29, 0.717) is 18.7 Å². The number of likely N-dealkylation sites (N-methyl/N-ethyl adjacent to an activating group) is 1. The molecule has 19 heavy (non-hydrogen) atoms. The predicted octanol–water partition coefficient (Wildman–Crippen LogP) is 1.76. The van der Waals surface area contributed by atoms with Gasteiger partial charge in [0.25, 0.3) is 5.91 Å². The molecule has 1 unspecified atom stereocenters. The molecule has 2 rings (SSSR count). The topological polar surface area (TPSA) is 54.5 Å². The van der Waals surface area contributed by atoms with Gasteiger partial charge in [-0.25, -0.2) is 0 Å². The van der Waals surface area contributed by atoms with Crippen LogP contribution >= 0.6 is 0 Å². The summed E-state index contributed by atoms with van der Waals surface area (Å²) < 4.78 is 5.61. The Labute approximate surface area is 114 Å². The maximum Gasteiger partial charge on any atom is 0.256 e. The van der Waals surface area contributed by atoms with Gasteiger partial charge in [0.1, 0.15) is 0 Å². The third kappa shape index (κ3) is 3.23. The van der Waals surface area contributed by atoms with Crippen LogP contribution in [0.1, 0.15) is 30.1 Å². The smallest absolute Gasteiger partial charge is 0.256 e. The number of nitrogens with one attached hydrogen (secondary N) is 1. The molecular weight excluding hydrogens is 242 g/mol. The van der Waals surface area contributed by atoms with Crippen LogP contribution in [0.15, 0.2) is 18.5 Å². The fraction of sp³-hybridized carbons (Fsp3) is 0.571. The number of aromatic nitrogens is 1. The SMILES string of the molecule is CCN(CC1CCCO1)C(=O)c1ccncc1NC. The Morgan fingerprint density at radius 3 is 3.11 bits per heavy atom. The minimum atomic E-state index is 0.0322. The van der Waals surface area contributed by atoms with E-state index in [-0.39, 0.29) is 12.0 Å². The van der Waals surface area contributed by atoms with E-state index < -0.39 is 0 Å². The molecule has 0 radical (unpaired) electrons. The lowest BCUT2D eigenvalue weighted by Crippen LogP contribution is -2.37. The lowest BCUT2D eigenvalue weighted by atomic mass is 10.1. The van der Waals surface area contributed by atoms with Crippen molar-refractivity contribution in [1.82, 2.24) is 9.88 Å². The van der Waals surface area contributed by atoms with Crippen molar-refractivity contribution < 1.29 is 9.53 Å². The molecule has 0 saturated carbocycles. The third-order valence-corrected chi connectivity index (χ3v) is 3.44. The molecule has 0 aliphatic carbocycles. The zero-order chi connectivity index (χ0) is 13.7. The molecule has 1 aliphatic rings. The summed E-state index contributed by atoms with van der Waals surface area (Å²) in [7, 11) is 1.80. The van der Waals surface area contributed by atoms with Gasteiger partial charge in [0, 0.05) is 32.9 Å². The second kappa shape index (κ2) is 6.52. The van der Waals surface area contributed by atoms with Crippen molar-refractivity contribution in [3.8, 4) is 0 Å². The molecule has 1 aromatic rings. The summed E-state index contributed by atoms with van der Waals surface area (Å²) in [5, 5.41) is 3.01. The maximum atomic E-state index is 12.5. The molecular formula is C14H21N3O2. The highest BCUT2D eigenvalue weighted by atomic mass is 16.5. The Kier molecular flexibility index (Phi) is 4.74. The molecule has 1 aromatic heterocycles. The van der Waals surface area contributed by atoms with Gasteiger partial charge in [0.05, 0.1) is 23.6 Å². The highest BCUT2D eigenvalue weighted by Crippen LogP contribution is 2.18. The van der Waals surface area contributed by atoms with Gasteiger partial charge in [0.2, 0.25) is 0 Å². The first-order valence-electron chi connectivity index (χ1n) is 6.79. The molecule has 5 nitrogen and oxygen atoms in total. The Balaban J connectivity index is 2.10. The van der Waals surface area contributed by atoms with Crippen LogP contribution in [0.4, 0.5) is 5.69 Å². The highest BCUT2D eigenvalue weighted by Gasteiger charge is 2.23. The molecule has 104 valence electrons. The van der Waals surface area contributed by atoms with Crippen LogP contribution in [0, 0.1) is 0 Å². The van der Waals surface area contributed by atoms with Gasteiger partial charge in [-0.15, -0.1) is 0 Å². The van der Waals surface area contributed by atoms with E-state index in [9.17, 15) is 4.79 Å². The van der Waals surface area contributed by atoms with Crippen LogP contribution in [0.2, 0.25) is 0 Å². The minimum absolute atomic E-state index is 0.0322. The molecule has 1 N–H and O–H groups in total. The van der Waals surface area contributed by atoms with Crippen LogP contribution in [0.5, 0.6) is 0 Å². The number of pyridine rings is 1. The molecule has 1 fully saturated rings. The first-order valence-corrected chi connectivity index (χ1v) is 6.79. The fourth-order valence-electron chi connectivity index (χ4n) is 2.34. The molecule has 2 heterocycles. The lowest BCUT2D eigenvalue weighted by Gasteiger charge is -2.24. The van der Waals surface area contributed by atoms with Crippen LogP contribution in [-0.2, 0) is 4.74 Å². The van der Waals surface area contributed by atoms with E-state index in [1.54, 1.807) is 25.5 Å². The molecule has 1 saturated heterocycles. The van der Waals surface area contributed by atoms with Crippen molar-refractivity contribution in [2.24, 2.45) is 0 Å². The number of carbonyl (C=O) groups is 1. The standard InChI is InChI=1S/C14H21N3O2/c1-3-17(10-11-5-4-8-19-11)14(18)12-6-7-16-9-13(12)15-2/h6-7,9,11,15H,3-5,8,10H2,1-2H3. The highest BCUT2D eigenvalue weighted by molar-refractivity contribution is 5.99. The fourth-order valence-corrected chi connectivity index (χ4v) is 2.34. The summed E-state index contributed by atoms with van der Waals surface area (Å²) in [5.41, 5.74) is 1.43. The number of hydrogen-bond acceptors (Lipinski definition) is 4. The van der Waals surface area contributed by atoms with Gasteiger partial charge < -0.3 is 15.0 Å². The van der Waals surface area contributed by atoms with Crippen LogP contribution < -0.4 is 5.32 Å². The normalized spacial score (nSPS) is 18.3. The number of rotatable bonds is 5. The summed E-state index contributed by atoms with van der Waals surface area (Å²) in [5.74, 6) is 0.0322. The Bertz CT molecular complexity index is 430. The Morgan fingerprint density at radius 2 is 2.47 bits per heavy atom. The summed E-state index contributed by atoms with van der Waals surface area (Å²) in [6.07, 6.45) is 5.64.